The molecule has 144 valence electrons. The van der Waals surface area contributed by atoms with Gasteiger partial charge in [0.1, 0.15) is 23.1 Å². The third kappa shape index (κ3) is 5.09. The minimum absolute atomic E-state index is 0.167. The average molecular weight is 401 g/mol. The van der Waals surface area contributed by atoms with Crippen molar-refractivity contribution in [3.05, 3.63) is 107 Å². The fraction of sp³-hybridized carbons (Fsp3) is 0.0833. The van der Waals surface area contributed by atoms with Gasteiger partial charge in [0.15, 0.2) is 0 Å². The van der Waals surface area contributed by atoms with Crippen LogP contribution in [0.4, 0.5) is 0 Å². The summed E-state index contributed by atoms with van der Waals surface area (Å²) in [5.74, 6) is 0.633. The smallest absolute Gasteiger partial charge is 0.271 e. The molecule has 0 bridgehead atoms. The summed E-state index contributed by atoms with van der Waals surface area (Å²) in [7, 11) is 0. The number of thiazole rings is 1. The molecular formula is C24H20N2O2S. The van der Waals surface area contributed by atoms with Crippen LogP contribution in [0.5, 0.6) is 5.75 Å². The minimum Gasteiger partial charge on any atom is -0.489 e. The van der Waals surface area contributed by atoms with E-state index in [9.17, 15) is 4.79 Å². The zero-order chi connectivity index (χ0) is 19.9. The van der Waals surface area contributed by atoms with Gasteiger partial charge in [-0.3, -0.25) is 4.79 Å². The first-order chi connectivity index (χ1) is 14.3. The number of carbonyl (C=O) groups excluding carboxylic acids is 1. The summed E-state index contributed by atoms with van der Waals surface area (Å²) in [6, 6.07) is 27.7. The Morgan fingerprint density at radius 2 is 1.52 bits per heavy atom. The van der Waals surface area contributed by atoms with E-state index in [4.69, 9.17) is 4.74 Å². The molecule has 4 nitrogen and oxygen atoms in total. The van der Waals surface area contributed by atoms with Gasteiger partial charge < -0.3 is 10.1 Å². The molecule has 5 heteroatoms. The first-order valence-electron chi connectivity index (χ1n) is 9.33. The van der Waals surface area contributed by atoms with E-state index in [1.165, 1.54) is 11.3 Å². The van der Waals surface area contributed by atoms with Crippen LogP contribution in [0.3, 0.4) is 0 Å². The Labute approximate surface area is 173 Å². The zero-order valence-electron chi connectivity index (χ0n) is 15.7. The number of rotatable bonds is 7. The van der Waals surface area contributed by atoms with Gasteiger partial charge in [-0.05, 0) is 35.4 Å². The molecule has 3 aromatic carbocycles. The summed E-state index contributed by atoms with van der Waals surface area (Å²) in [6.07, 6.45) is 0. The number of nitrogens with zero attached hydrogens (tertiary/aromatic N) is 1. The second-order valence-electron chi connectivity index (χ2n) is 6.50. The van der Waals surface area contributed by atoms with Gasteiger partial charge in [-0.1, -0.05) is 60.7 Å². The van der Waals surface area contributed by atoms with Crippen LogP contribution in [0, 0.1) is 0 Å². The van der Waals surface area contributed by atoms with E-state index in [-0.39, 0.29) is 5.91 Å². The lowest BCUT2D eigenvalue weighted by Crippen LogP contribution is -2.23. The van der Waals surface area contributed by atoms with Crippen LogP contribution in [-0.2, 0) is 13.2 Å². The molecule has 0 aliphatic rings. The van der Waals surface area contributed by atoms with Crippen LogP contribution in [0.2, 0.25) is 0 Å². The van der Waals surface area contributed by atoms with Crippen molar-refractivity contribution in [3.8, 4) is 16.3 Å². The first kappa shape index (κ1) is 18.9. The second-order valence-corrected chi connectivity index (χ2v) is 7.36. The normalized spacial score (nSPS) is 10.5. The Hall–Kier alpha value is -3.44. The summed E-state index contributed by atoms with van der Waals surface area (Å²) in [5, 5.41) is 5.50. The molecule has 0 saturated carbocycles. The maximum atomic E-state index is 12.3. The van der Waals surface area contributed by atoms with Crippen LogP contribution in [0.15, 0.2) is 90.3 Å². The van der Waals surface area contributed by atoms with Crippen LogP contribution in [0.1, 0.15) is 21.6 Å². The highest BCUT2D eigenvalue weighted by atomic mass is 32.1. The van der Waals surface area contributed by atoms with E-state index >= 15 is 0 Å². The lowest BCUT2D eigenvalue weighted by molar-refractivity contribution is 0.0946. The van der Waals surface area contributed by atoms with E-state index in [2.05, 4.69) is 10.3 Å². The summed E-state index contributed by atoms with van der Waals surface area (Å²) in [5.41, 5.74) is 3.58. The lowest BCUT2D eigenvalue weighted by atomic mass is 10.2. The predicted octanol–water partition coefficient (Wildman–Crippen LogP) is 5.32. The molecule has 4 rings (SSSR count). The second kappa shape index (κ2) is 9.17. The Balaban J connectivity index is 1.35. The highest BCUT2D eigenvalue weighted by Crippen LogP contribution is 2.26. The minimum atomic E-state index is -0.167. The van der Waals surface area contributed by atoms with E-state index in [1.807, 2.05) is 84.9 Å². The molecule has 1 amide bonds. The largest absolute Gasteiger partial charge is 0.489 e. The molecule has 0 atom stereocenters. The molecule has 1 N–H and O–H groups in total. The molecule has 0 fully saturated rings. The Morgan fingerprint density at radius 1 is 0.862 bits per heavy atom. The summed E-state index contributed by atoms with van der Waals surface area (Å²) < 4.78 is 5.82. The predicted molar refractivity (Wildman–Crippen MR) is 116 cm³/mol. The van der Waals surface area contributed by atoms with Crippen LogP contribution in [0.25, 0.3) is 10.6 Å². The maximum absolute atomic E-state index is 12.3. The van der Waals surface area contributed by atoms with Crippen molar-refractivity contribution in [2.45, 2.75) is 13.2 Å². The first-order valence-corrected chi connectivity index (χ1v) is 10.2. The van der Waals surface area contributed by atoms with Crippen molar-refractivity contribution in [1.29, 1.82) is 0 Å². The van der Waals surface area contributed by atoms with Gasteiger partial charge in [0.25, 0.3) is 5.91 Å². The van der Waals surface area contributed by atoms with Crippen LogP contribution >= 0.6 is 11.3 Å². The Kier molecular flexibility index (Phi) is 5.98. The van der Waals surface area contributed by atoms with Gasteiger partial charge in [0, 0.05) is 17.5 Å². The standard InChI is InChI=1S/C24H20N2O2S/c27-23(25-15-18-7-3-1-4-8-18)22-17-29-24(26-22)20-11-13-21(14-12-20)28-16-19-9-5-2-6-10-19/h1-14,17H,15-16H2,(H,25,27). The van der Waals surface area contributed by atoms with Gasteiger partial charge in [0.2, 0.25) is 0 Å². The van der Waals surface area contributed by atoms with E-state index in [0.29, 0.717) is 18.8 Å². The molecule has 0 aliphatic heterocycles. The highest BCUT2D eigenvalue weighted by Gasteiger charge is 2.12. The third-order valence-corrected chi connectivity index (χ3v) is 5.27. The molecule has 0 unspecified atom stereocenters. The van der Waals surface area contributed by atoms with Crippen molar-refractivity contribution < 1.29 is 9.53 Å². The number of ether oxygens (including phenoxy) is 1. The van der Waals surface area contributed by atoms with E-state index < -0.39 is 0 Å². The Morgan fingerprint density at radius 3 is 2.21 bits per heavy atom. The Bertz CT molecular complexity index is 1060. The van der Waals surface area contributed by atoms with Crippen molar-refractivity contribution in [2.75, 3.05) is 0 Å². The average Bonchev–Trinajstić information content (AvgIpc) is 3.28. The fourth-order valence-corrected chi connectivity index (χ4v) is 3.62. The van der Waals surface area contributed by atoms with Gasteiger partial charge in [-0.25, -0.2) is 4.98 Å². The topological polar surface area (TPSA) is 51.2 Å². The van der Waals surface area contributed by atoms with Crippen molar-refractivity contribution in [2.24, 2.45) is 0 Å². The van der Waals surface area contributed by atoms with Crippen LogP contribution < -0.4 is 10.1 Å². The molecule has 4 aromatic rings. The monoisotopic (exact) mass is 400 g/mol. The highest BCUT2D eigenvalue weighted by molar-refractivity contribution is 7.13. The fourth-order valence-electron chi connectivity index (χ4n) is 2.81. The molecule has 0 radical (unpaired) electrons. The number of benzene rings is 3. The van der Waals surface area contributed by atoms with Crippen molar-refractivity contribution in [3.63, 3.8) is 0 Å². The molecule has 0 aliphatic carbocycles. The lowest BCUT2D eigenvalue weighted by Gasteiger charge is -2.06. The molecule has 1 heterocycles. The third-order valence-electron chi connectivity index (χ3n) is 4.38. The quantitative estimate of drug-likeness (QED) is 0.457. The van der Waals surface area contributed by atoms with Gasteiger partial charge in [-0.15, -0.1) is 11.3 Å². The number of carbonyl (C=O) groups is 1. The molecule has 0 spiro atoms. The summed E-state index contributed by atoms with van der Waals surface area (Å²) >= 11 is 1.46. The number of aromatic nitrogens is 1. The van der Waals surface area contributed by atoms with E-state index in [0.717, 1.165) is 27.4 Å². The van der Waals surface area contributed by atoms with Crippen molar-refractivity contribution in [1.82, 2.24) is 10.3 Å². The molecule has 0 saturated heterocycles. The van der Waals surface area contributed by atoms with Gasteiger partial charge in [-0.2, -0.15) is 0 Å². The maximum Gasteiger partial charge on any atom is 0.271 e. The molecule has 29 heavy (non-hydrogen) atoms. The van der Waals surface area contributed by atoms with Crippen molar-refractivity contribution >= 4 is 17.2 Å². The molecule has 1 aromatic heterocycles. The summed E-state index contributed by atoms with van der Waals surface area (Å²) in [4.78, 5) is 16.8. The van der Waals surface area contributed by atoms with Gasteiger partial charge in [0.05, 0.1) is 0 Å². The number of nitrogens with one attached hydrogen (secondary N) is 1. The SMILES string of the molecule is O=C(NCc1ccccc1)c1csc(-c2ccc(OCc3ccccc3)cc2)n1. The number of hydrogen-bond acceptors (Lipinski definition) is 4. The number of amides is 1. The number of hydrogen-bond donors (Lipinski definition) is 1. The zero-order valence-corrected chi connectivity index (χ0v) is 16.6. The van der Waals surface area contributed by atoms with Gasteiger partial charge >= 0.3 is 0 Å². The molecular weight excluding hydrogens is 380 g/mol. The summed E-state index contributed by atoms with van der Waals surface area (Å²) in [6.45, 7) is 1.02. The van der Waals surface area contributed by atoms with E-state index in [1.54, 1.807) is 5.38 Å². The van der Waals surface area contributed by atoms with Crippen LogP contribution in [-0.4, -0.2) is 10.9 Å².